The van der Waals surface area contributed by atoms with Gasteiger partial charge in [-0.3, -0.25) is 9.69 Å². The van der Waals surface area contributed by atoms with E-state index >= 15 is 0 Å². The number of ether oxygens (including phenoxy) is 1. The molecule has 0 bridgehead atoms. The SMILES string of the molecule is CN(C(=O)c1ccc(OCc2ccccc2)cc1)c1nccn1C. The molecule has 0 fully saturated rings. The Bertz CT molecular complexity index is 810. The summed E-state index contributed by atoms with van der Waals surface area (Å²) in [6, 6.07) is 17.1. The molecule has 24 heavy (non-hydrogen) atoms. The highest BCUT2D eigenvalue weighted by atomic mass is 16.5. The number of benzene rings is 2. The number of anilines is 1. The minimum absolute atomic E-state index is 0.112. The Kier molecular flexibility index (Phi) is 4.61. The highest BCUT2D eigenvalue weighted by Gasteiger charge is 2.16. The van der Waals surface area contributed by atoms with Gasteiger partial charge >= 0.3 is 0 Å². The van der Waals surface area contributed by atoms with Gasteiger partial charge in [0.1, 0.15) is 12.4 Å². The molecule has 122 valence electrons. The minimum atomic E-state index is -0.112. The first-order chi connectivity index (χ1) is 11.6. The summed E-state index contributed by atoms with van der Waals surface area (Å²) < 4.78 is 7.54. The average molecular weight is 321 g/mol. The Labute approximate surface area is 141 Å². The second-order valence-electron chi connectivity index (χ2n) is 5.50. The number of nitrogens with zero attached hydrogens (tertiary/aromatic N) is 3. The van der Waals surface area contributed by atoms with E-state index in [-0.39, 0.29) is 5.91 Å². The second-order valence-corrected chi connectivity index (χ2v) is 5.50. The van der Waals surface area contributed by atoms with E-state index in [1.165, 1.54) is 4.90 Å². The summed E-state index contributed by atoms with van der Waals surface area (Å²) >= 11 is 0. The monoisotopic (exact) mass is 321 g/mol. The molecule has 0 aliphatic heterocycles. The van der Waals surface area contributed by atoms with E-state index < -0.39 is 0 Å². The minimum Gasteiger partial charge on any atom is -0.489 e. The maximum Gasteiger partial charge on any atom is 0.260 e. The zero-order valence-electron chi connectivity index (χ0n) is 13.7. The van der Waals surface area contributed by atoms with Crippen molar-refractivity contribution >= 4 is 11.9 Å². The second kappa shape index (κ2) is 7.00. The molecule has 0 saturated heterocycles. The molecule has 0 saturated carbocycles. The largest absolute Gasteiger partial charge is 0.489 e. The van der Waals surface area contributed by atoms with E-state index in [1.807, 2.05) is 49.5 Å². The fraction of sp³-hybridized carbons (Fsp3) is 0.158. The highest BCUT2D eigenvalue weighted by Crippen LogP contribution is 2.17. The third-order valence-electron chi connectivity index (χ3n) is 3.75. The van der Waals surface area contributed by atoms with Gasteiger partial charge in [-0.05, 0) is 29.8 Å². The molecule has 0 N–H and O–H groups in total. The summed E-state index contributed by atoms with van der Waals surface area (Å²) in [5.74, 6) is 1.22. The van der Waals surface area contributed by atoms with E-state index in [1.54, 1.807) is 36.1 Å². The summed E-state index contributed by atoms with van der Waals surface area (Å²) in [5.41, 5.74) is 1.69. The first kappa shape index (κ1) is 15.8. The Morgan fingerprint density at radius 1 is 1.12 bits per heavy atom. The van der Waals surface area contributed by atoms with Crippen LogP contribution in [0.4, 0.5) is 5.95 Å². The number of hydrogen-bond acceptors (Lipinski definition) is 3. The smallest absolute Gasteiger partial charge is 0.260 e. The van der Waals surface area contributed by atoms with Gasteiger partial charge in [-0.1, -0.05) is 30.3 Å². The zero-order chi connectivity index (χ0) is 16.9. The van der Waals surface area contributed by atoms with E-state index in [4.69, 9.17) is 4.74 Å². The molecule has 1 amide bonds. The molecule has 0 spiro atoms. The van der Waals surface area contributed by atoms with Gasteiger partial charge in [-0.25, -0.2) is 4.98 Å². The lowest BCUT2D eigenvalue weighted by atomic mass is 10.2. The van der Waals surface area contributed by atoms with Gasteiger partial charge < -0.3 is 9.30 Å². The molecule has 2 aromatic carbocycles. The lowest BCUT2D eigenvalue weighted by Gasteiger charge is -2.16. The molecule has 5 nitrogen and oxygen atoms in total. The Hall–Kier alpha value is -3.08. The average Bonchev–Trinajstić information content (AvgIpc) is 3.06. The third-order valence-corrected chi connectivity index (χ3v) is 3.75. The number of carbonyl (C=O) groups is 1. The van der Waals surface area contributed by atoms with E-state index in [9.17, 15) is 4.79 Å². The van der Waals surface area contributed by atoms with Crippen LogP contribution in [0.5, 0.6) is 5.75 Å². The third kappa shape index (κ3) is 3.46. The molecule has 0 radical (unpaired) electrons. The molecule has 3 aromatic rings. The maximum absolute atomic E-state index is 12.5. The molecule has 0 aliphatic rings. The molecule has 1 heterocycles. The van der Waals surface area contributed by atoms with E-state index in [0.717, 1.165) is 11.3 Å². The summed E-state index contributed by atoms with van der Waals surface area (Å²) in [6.07, 6.45) is 3.47. The summed E-state index contributed by atoms with van der Waals surface area (Å²) in [6.45, 7) is 0.501. The van der Waals surface area contributed by atoms with Crippen LogP contribution in [0.3, 0.4) is 0 Å². The number of rotatable bonds is 5. The van der Waals surface area contributed by atoms with Crippen LogP contribution in [0.25, 0.3) is 0 Å². The normalized spacial score (nSPS) is 10.4. The summed E-state index contributed by atoms with van der Waals surface area (Å²) in [5, 5.41) is 0. The van der Waals surface area contributed by atoms with Crippen LogP contribution in [-0.4, -0.2) is 22.5 Å². The molecule has 1 aromatic heterocycles. The first-order valence-corrected chi connectivity index (χ1v) is 7.67. The number of hydrogen-bond donors (Lipinski definition) is 0. The number of carbonyl (C=O) groups excluding carboxylic acids is 1. The Balaban J connectivity index is 1.65. The fourth-order valence-electron chi connectivity index (χ4n) is 2.40. The standard InChI is InChI=1S/C19H19N3O2/c1-21-13-12-20-19(21)22(2)18(23)16-8-10-17(11-9-16)24-14-15-6-4-3-5-7-15/h3-13H,14H2,1-2H3. The number of amides is 1. The van der Waals surface area contributed by atoms with Crippen LogP contribution in [0, 0.1) is 0 Å². The van der Waals surface area contributed by atoms with Crippen molar-refractivity contribution in [3.63, 3.8) is 0 Å². The quantitative estimate of drug-likeness (QED) is 0.724. The number of imidazole rings is 1. The molecule has 0 aliphatic carbocycles. The van der Waals surface area contributed by atoms with Gasteiger partial charge in [0, 0.05) is 32.1 Å². The summed E-state index contributed by atoms with van der Waals surface area (Å²) in [4.78, 5) is 18.2. The van der Waals surface area contributed by atoms with Gasteiger partial charge in [0.25, 0.3) is 5.91 Å². The van der Waals surface area contributed by atoms with Gasteiger partial charge in [0.2, 0.25) is 5.95 Å². The Morgan fingerprint density at radius 3 is 2.46 bits per heavy atom. The van der Waals surface area contributed by atoms with Crippen LogP contribution >= 0.6 is 0 Å². The van der Waals surface area contributed by atoms with Crippen LogP contribution in [-0.2, 0) is 13.7 Å². The van der Waals surface area contributed by atoms with Crippen molar-refractivity contribution in [3.8, 4) is 5.75 Å². The molecular formula is C19H19N3O2. The van der Waals surface area contributed by atoms with Crippen LogP contribution in [0.1, 0.15) is 15.9 Å². The lowest BCUT2D eigenvalue weighted by Crippen LogP contribution is -2.28. The van der Waals surface area contributed by atoms with Gasteiger partial charge in [0.15, 0.2) is 0 Å². The van der Waals surface area contributed by atoms with E-state index in [2.05, 4.69) is 4.98 Å². The molecule has 3 rings (SSSR count). The molecule has 0 atom stereocenters. The summed E-state index contributed by atoms with van der Waals surface area (Å²) in [7, 11) is 3.57. The fourth-order valence-corrected chi connectivity index (χ4v) is 2.40. The van der Waals surface area contributed by atoms with Crippen molar-refractivity contribution in [3.05, 3.63) is 78.1 Å². The van der Waals surface area contributed by atoms with Crippen molar-refractivity contribution in [2.75, 3.05) is 11.9 Å². The van der Waals surface area contributed by atoms with Crippen LogP contribution in [0.15, 0.2) is 67.0 Å². The Morgan fingerprint density at radius 2 is 1.83 bits per heavy atom. The van der Waals surface area contributed by atoms with Crippen molar-refractivity contribution in [2.24, 2.45) is 7.05 Å². The van der Waals surface area contributed by atoms with Crippen LogP contribution < -0.4 is 9.64 Å². The maximum atomic E-state index is 12.5. The predicted octanol–water partition coefficient (Wildman–Crippen LogP) is 3.28. The van der Waals surface area contributed by atoms with Gasteiger partial charge in [0.05, 0.1) is 0 Å². The van der Waals surface area contributed by atoms with Crippen LogP contribution in [0.2, 0.25) is 0 Å². The highest BCUT2D eigenvalue weighted by molar-refractivity contribution is 6.04. The lowest BCUT2D eigenvalue weighted by molar-refractivity contribution is 0.0991. The molecular weight excluding hydrogens is 302 g/mol. The van der Waals surface area contributed by atoms with Gasteiger partial charge in [-0.2, -0.15) is 0 Å². The topological polar surface area (TPSA) is 47.4 Å². The number of aromatic nitrogens is 2. The number of aryl methyl sites for hydroxylation is 1. The molecule has 5 heteroatoms. The van der Waals surface area contributed by atoms with E-state index in [0.29, 0.717) is 18.1 Å². The van der Waals surface area contributed by atoms with Crippen molar-refractivity contribution in [1.82, 2.24) is 9.55 Å². The van der Waals surface area contributed by atoms with Crippen molar-refractivity contribution in [2.45, 2.75) is 6.61 Å². The van der Waals surface area contributed by atoms with Crippen molar-refractivity contribution in [1.29, 1.82) is 0 Å². The zero-order valence-corrected chi connectivity index (χ0v) is 13.7. The van der Waals surface area contributed by atoms with Gasteiger partial charge in [-0.15, -0.1) is 0 Å². The predicted molar refractivity (Wildman–Crippen MR) is 93.2 cm³/mol. The van der Waals surface area contributed by atoms with Crippen molar-refractivity contribution < 1.29 is 9.53 Å². The first-order valence-electron chi connectivity index (χ1n) is 7.67. The molecule has 0 unspecified atom stereocenters.